The first-order chi connectivity index (χ1) is 11.0. The van der Waals surface area contributed by atoms with Gasteiger partial charge in [-0.15, -0.1) is 0 Å². The second-order valence-electron chi connectivity index (χ2n) is 6.32. The number of hydrogen-bond donors (Lipinski definition) is 3. The highest BCUT2D eigenvalue weighted by Crippen LogP contribution is 2.29. The van der Waals surface area contributed by atoms with E-state index in [0.29, 0.717) is 31.1 Å². The van der Waals surface area contributed by atoms with Crippen molar-refractivity contribution < 1.29 is 18.0 Å². The zero-order valence-corrected chi connectivity index (χ0v) is 14.1. The van der Waals surface area contributed by atoms with Crippen molar-refractivity contribution in [2.45, 2.75) is 32.5 Å². The smallest absolute Gasteiger partial charge is 0.334 e. The van der Waals surface area contributed by atoms with E-state index in [0.717, 1.165) is 0 Å². The van der Waals surface area contributed by atoms with Gasteiger partial charge in [0.05, 0.1) is 5.56 Å². The average molecular weight is 348 g/mol. The minimum atomic E-state index is -4.61. The molecule has 0 saturated heterocycles. The number of urea groups is 1. The summed E-state index contributed by atoms with van der Waals surface area (Å²) in [5, 5.41) is 4.88. The Morgan fingerprint density at radius 1 is 1.33 bits per heavy atom. The van der Waals surface area contributed by atoms with Crippen LogP contribution in [0.15, 0.2) is 17.1 Å². The van der Waals surface area contributed by atoms with Crippen LogP contribution in [0.1, 0.15) is 25.8 Å². The number of nitrogens with zero attached hydrogens (tertiary/aromatic N) is 1. The molecule has 6 nitrogen and oxygen atoms in total. The summed E-state index contributed by atoms with van der Waals surface area (Å²) in [6.07, 6.45) is -3.34. The lowest BCUT2D eigenvalue weighted by Crippen LogP contribution is -2.44. The number of carbonyl (C=O) groups excluding carboxylic acids is 1. The van der Waals surface area contributed by atoms with E-state index in [1.54, 1.807) is 0 Å². The summed E-state index contributed by atoms with van der Waals surface area (Å²) >= 11 is 0. The van der Waals surface area contributed by atoms with Gasteiger partial charge >= 0.3 is 12.2 Å². The molecule has 24 heavy (non-hydrogen) atoms. The van der Waals surface area contributed by atoms with Crippen molar-refractivity contribution in [3.63, 3.8) is 0 Å². The Morgan fingerprint density at radius 2 is 1.96 bits per heavy atom. The molecule has 0 bridgehead atoms. The predicted molar refractivity (Wildman–Crippen MR) is 86.0 cm³/mol. The molecule has 1 rings (SSSR count). The summed E-state index contributed by atoms with van der Waals surface area (Å²) in [5.41, 5.74) is -2.29. The number of alkyl halides is 3. The van der Waals surface area contributed by atoms with Gasteiger partial charge in [-0.05, 0) is 32.5 Å². The molecular weight excluding hydrogens is 325 g/mol. The third kappa shape index (κ3) is 6.61. The zero-order valence-electron chi connectivity index (χ0n) is 14.1. The first-order valence-electron chi connectivity index (χ1n) is 7.51. The Kier molecular flexibility index (Phi) is 6.82. The number of nitrogens with one attached hydrogen (secondary N) is 3. The van der Waals surface area contributed by atoms with Crippen molar-refractivity contribution in [1.29, 1.82) is 0 Å². The van der Waals surface area contributed by atoms with Crippen molar-refractivity contribution in [2.75, 3.05) is 26.0 Å². The maximum absolute atomic E-state index is 12.7. The van der Waals surface area contributed by atoms with Crippen LogP contribution in [0.4, 0.5) is 23.7 Å². The van der Waals surface area contributed by atoms with Crippen LogP contribution in [0.3, 0.4) is 0 Å². The maximum Gasteiger partial charge on any atom is 0.417 e. The van der Waals surface area contributed by atoms with E-state index in [2.05, 4.69) is 10.6 Å². The lowest BCUT2D eigenvalue weighted by atomic mass is 10.0. The molecule has 136 valence electrons. The Labute approximate surface area is 138 Å². The molecule has 0 fully saturated rings. The Balaban J connectivity index is 2.84. The van der Waals surface area contributed by atoms with Crippen LogP contribution in [0.25, 0.3) is 0 Å². The lowest BCUT2D eigenvalue weighted by Gasteiger charge is -2.24. The number of carbonyl (C=O) groups is 1. The molecule has 0 radical (unpaired) electrons. The molecule has 0 aliphatic heterocycles. The number of rotatable bonds is 6. The molecule has 1 aromatic rings. The number of hydrogen-bond acceptors (Lipinski definition) is 3. The monoisotopic (exact) mass is 348 g/mol. The fourth-order valence-electron chi connectivity index (χ4n) is 2.27. The van der Waals surface area contributed by atoms with Gasteiger partial charge in [0.2, 0.25) is 0 Å². The number of aromatic nitrogens is 1. The van der Waals surface area contributed by atoms with E-state index in [9.17, 15) is 22.8 Å². The van der Waals surface area contributed by atoms with Gasteiger partial charge in [0.15, 0.2) is 0 Å². The first-order valence-corrected chi connectivity index (χ1v) is 7.51. The number of halogens is 3. The number of likely N-dealkylation sites (N-methyl/N-ethyl adjacent to an activating group) is 1. The van der Waals surface area contributed by atoms with Gasteiger partial charge in [-0.2, -0.15) is 13.2 Å². The van der Waals surface area contributed by atoms with E-state index in [1.807, 2.05) is 37.8 Å². The van der Waals surface area contributed by atoms with E-state index >= 15 is 0 Å². The average Bonchev–Trinajstić information content (AvgIpc) is 2.38. The molecule has 0 saturated carbocycles. The summed E-state index contributed by atoms with van der Waals surface area (Å²) in [5.74, 6) is 0.326. The molecule has 3 N–H and O–H groups in total. The van der Waals surface area contributed by atoms with Crippen LogP contribution in [-0.2, 0) is 6.18 Å². The number of aromatic amines is 1. The van der Waals surface area contributed by atoms with Crippen LogP contribution in [0.2, 0.25) is 0 Å². The quantitative estimate of drug-likeness (QED) is 0.739. The summed E-state index contributed by atoms with van der Waals surface area (Å²) in [6, 6.07) is -0.292. The molecule has 0 spiro atoms. The van der Waals surface area contributed by atoms with Gasteiger partial charge in [-0.3, -0.25) is 4.79 Å². The summed E-state index contributed by atoms with van der Waals surface area (Å²) in [6.45, 7) is 4.57. The summed E-state index contributed by atoms with van der Waals surface area (Å²) < 4.78 is 38.0. The van der Waals surface area contributed by atoms with Gasteiger partial charge in [0, 0.05) is 18.8 Å². The fourth-order valence-corrected chi connectivity index (χ4v) is 2.27. The minimum absolute atomic E-state index is 0.190. The number of amides is 2. The maximum atomic E-state index is 12.7. The highest BCUT2D eigenvalue weighted by atomic mass is 19.4. The van der Waals surface area contributed by atoms with Crippen molar-refractivity contribution >= 4 is 11.7 Å². The third-order valence-corrected chi connectivity index (χ3v) is 3.16. The molecule has 0 aliphatic rings. The third-order valence-electron chi connectivity index (χ3n) is 3.16. The summed E-state index contributed by atoms with van der Waals surface area (Å²) in [7, 11) is 3.70. The SMILES string of the molecule is CC(C)C[C@H](CN(C)C)NC(=O)Nc1cc(C(F)(F)F)c[nH]c1=O. The molecule has 1 heterocycles. The predicted octanol–water partition coefficient (Wildman–Crippen LogP) is 2.49. The molecule has 0 unspecified atom stereocenters. The van der Waals surface area contributed by atoms with Crippen molar-refractivity contribution in [1.82, 2.24) is 15.2 Å². The normalized spacial score (nSPS) is 13.2. The lowest BCUT2D eigenvalue weighted by molar-refractivity contribution is -0.137. The minimum Gasteiger partial charge on any atom is -0.334 e. The largest absolute Gasteiger partial charge is 0.417 e. The second-order valence-corrected chi connectivity index (χ2v) is 6.32. The van der Waals surface area contributed by atoms with Gasteiger partial charge < -0.3 is 20.5 Å². The fraction of sp³-hybridized carbons (Fsp3) is 0.600. The van der Waals surface area contributed by atoms with E-state index in [1.165, 1.54) is 0 Å². The first kappa shape index (κ1) is 20.0. The standard InChI is InChI=1S/C15H23F3N4O2/c1-9(2)5-11(8-22(3)4)20-14(24)21-12-6-10(15(16,17)18)7-19-13(12)23/h6-7,9,11H,5,8H2,1-4H3,(H,19,23)(H2,20,21,24)/t11-/m1/s1. The number of H-pyrrole nitrogens is 1. The Morgan fingerprint density at radius 3 is 2.46 bits per heavy atom. The molecular formula is C15H23F3N4O2. The van der Waals surface area contributed by atoms with Crippen LogP contribution in [0, 0.1) is 5.92 Å². The molecule has 1 atom stereocenters. The van der Waals surface area contributed by atoms with Crippen molar-refractivity contribution in [3.05, 3.63) is 28.2 Å². The van der Waals surface area contributed by atoms with Gasteiger partial charge in [0.1, 0.15) is 5.69 Å². The molecule has 2 amide bonds. The van der Waals surface area contributed by atoms with Gasteiger partial charge in [-0.25, -0.2) is 4.79 Å². The number of pyridine rings is 1. The topological polar surface area (TPSA) is 77.2 Å². The Bertz CT molecular complexity index is 601. The van der Waals surface area contributed by atoms with Crippen LogP contribution in [-0.4, -0.2) is 42.6 Å². The van der Waals surface area contributed by atoms with Gasteiger partial charge in [-0.1, -0.05) is 13.8 Å². The van der Waals surface area contributed by atoms with Crippen LogP contribution >= 0.6 is 0 Å². The zero-order chi connectivity index (χ0) is 18.5. The van der Waals surface area contributed by atoms with E-state index < -0.39 is 29.0 Å². The van der Waals surface area contributed by atoms with Crippen molar-refractivity contribution in [2.24, 2.45) is 5.92 Å². The molecule has 9 heteroatoms. The van der Waals surface area contributed by atoms with Crippen LogP contribution < -0.4 is 16.2 Å². The molecule has 0 aromatic carbocycles. The second kappa shape index (κ2) is 8.18. The van der Waals surface area contributed by atoms with E-state index in [4.69, 9.17) is 0 Å². The number of anilines is 1. The highest BCUT2D eigenvalue weighted by molar-refractivity contribution is 5.89. The van der Waals surface area contributed by atoms with Gasteiger partial charge in [0.25, 0.3) is 5.56 Å². The van der Waals surface area contributed by atoms with Crippen LogP contribution in [0.5, 0.6) is 0 Å². The van der Waals surface area contributed by atoms with E-state index in [-0.39, 0.29) is 6.04 Å². The summed E-state index contributed by atoms with van der Waals surface area (Å²) in [4.78, 5) is 27.5. The molecule has 1 aromatic heterocycles. The highest BCUT2D eigenvalue weighted by Gasteiger charge is 2.31. The molecule has 0 aliphatic carbocycles. The van der Waals surface area contributed by atoms with Crippen molar-refractivity contribution in [3.8, 4) is 0 Å². The Hall–Kier alpha value is -2.03.